The summed E-state index contributed by atoms with van der Waals surface area (Å²) in [5, 5.41) is 0. The van der Waals surface area contributed by atoms with Gasteiger partial charge in [-0.1, -0.05) is 64.3 Å². The fourth-order valence-electron chi connectivity index (χ4n) is 2.62. The lowest BCUT2D eigenvalue weighted by Gasteiger charge is -2.22. The van der Waals surface area contributed by atoms with Crippen LogP contribution in [0.2, 0.25) is 0 Å². The molecule has 0 amide bonds. The molecule has 0 aromatic carbocycles. The van der Waals surface area contributed by atoms with E-state index in [1.807, 2.05) is 0 Å². The molecule has 0 aliphatic carbocycles. The lowest BCUT2D eigenvalue weighted by molar-refractivity contribution is -0.125. The van der Waals surface area contributed by atoms with E-state index in [2.05, 4.69) is 45.1 Å². The fourth-order valence-corrected chi connectivity index (χ4v) is 2.62. The molecule has 164 valence electrons. The zero-order valence-corrected chi connectivity index (χ0v) is 19.0. The number of methoxy groups -OCH3 is 2. The minimum absolute atomic E-state index is 0.353. The summed E-state index contributed by atoms with van der Waals surface area (Å²) in [4.78, 5) is 0. The van der Waals surface area contributed by atoms with E-state index in [1.165, 1.54) is 5.57 Å². The van der Waals surface area contributed by atoms with Crippen molar-refractivity contribution >= 4 is 0 Å². The van der Waals surface area contributed by atoms with E-state index in [4.69, 9.17) is 18.9 Å². The van der Waals surface area contributed by atoms with Gasteiger partial charge in [0.05, 0.1) is 19.8 Å². The highest BCUT2D eigenvalue weighted by Gasteiger charge is 2.17. The third kappa shape index (κ3) is 14.1. The zero-order valence-electron chi connectivity index (χ0n) is 19.0. The Balaban J connectivity index is 5.68. The highest BCUT2D eigenvalue weighted by molar-refractivity contribution is 5.35. The van der Waals surface area contributed by atoms with Crippen molar-refractivity contribution in [2.45, 2.75) is 78.4 Å². The van der Waals surface area contributed by atoms with Crippen molar-refractivity contribution in [2.24, 2.45) is 0 Å². The van der Waals surface area contributed by atoms with Crippen molar-refractivity contribution in [2.75, 3.05) is 40.6 Å². The van der Waals surface area contributed by atoms with E-state index in [0.717, 1.165) is 63.5 Å². The van der Waals surface area contributed by atoms with Gasteiger partial charge in [0, 0.05) is 26.4 Å². The van der Waals surface area contributed by atoms with Crippen molar-refractivity contribution in [3.8, 4) is 0 Å². The van der Waals surface area contributed by atoms with Gasteiger partial charge in [-0.25, -0.2) is 0 Å². The minimum atomic E-state index is -0.353. The zero-order chi connectivity index (χ0) is 20.9. The number of hydrogen-bond donors (Lipinski definition) is 0. The molecule has 1 atom stereocenters. The van der Waals surface area contributed by atoms with Crippen molar-refractivity contribution < 1.29 is 18.9 Å². The summed E-state index contributed by atoms with van der Waals surface area (Å²) in [6.07, 6.45) is 17.1. The molecule has 0 heterocycles. The maximum Gasteiger partial charge on any atom is 0.184 e. The molecule has 0 spiro atoms. The predicted octanol–water partition coefficient (Wildman–Crippen LogP) is 6.23. The number of hydrogen-bond acceptors (Lipinski definition) is 4. The number of ether oxygens (including phenoxy) is 4. The van der Waals surface area contributed by atoms with Gasteiger partial charge in [-0.15, -0.1) is 0 Å². The van der Waals surface area contributed by atoms with Gasteiger partial charge >= 0.3 is 0 Å². The Bertz CT molecular complexity index is 416. The number of allylic oxidation sites excluding steroid dienone is 3. The smallest absolute Gasteiger partial charge is 0.184 e. The first kappa shape index (κ1) is 27.1. The molecular formula is C24H44O4. The van der Waals surface area contributed by atoms with Crippen molar-refractivity contribution in [1.29, 1.82) is 0 Å². The molecule has 1 unspecified atom stereocenters. The highest BCUT2D eigenvalue weighted by atomic mass is 16.7. The average molecular weight is 397 g/mol. The van der Waals surface area contributed by atoms with E-state index in [-0.39, 0.29) is 6.29 Å². The molecule has 0 aromatic rings. The third-order valence-corrected chi connectivity index (χ3v) is 4.31. The van der Waals surface area contributed by atoms with E-state index in [9.17, 15) is 0 Å². The second kappa shape index (κ2) is 20.8. The standard InChI is InChI=1S/C24H44O4/c1-6-9-12-17-23(22(15-10-7-2)16-13-14-18-25-4)24(27-19-11-8-3)28-21-20-26-5/h12-13,16-17,24H,6-11,14-15,18-21H2,1-5H3. The molecule has 0 aliphatic heterocycles. The average Bonchev–Trinajstić information content (AvgIpc) is 2.70. The van der Waals surface area contributed by atoms with E-state index >= 15 is 0 Å². The fraction of sp³-hybridized carbons (Fsp3) is 0.750. The molecule has 0 rings (SSSR count). The first-order chi connectivity index (χ1) is 13.7. The topological polar surface area (TPSA) is 36.9 Å². The number of unbranched alkanes of at least 4 members (excludes halogenated alkanes) is 3. The monoisotopic (exact) mass is 396 g/mol. The predicted molar refractivity (Wildman–Crippen MR) is 119 cm³/mol. The van der Waals surface area contributed by atoms with Crippen LogP contribution in [0.1, 0.15) is 72.1 Å². The molecular weight excluding hydrogens is 352 g/mol. The van der Waals surface area contributed by atoms with Gasteiger partial charge in [0.25, 0.3) is 0 Å². The summed E-state index contributed by atoms with van der Waals surface area (Å²) in [6, 6.07) is 0. The van der Waals surface area contributed by atoms with Gasteiger partial charge < -0.3 is 18.9 Å². The first-order valence-corrected chi connectivity index (χ1v) is 11.0. The van der Waals surface area contributed by atoms with Gasteiger partial charge in [0.1, 0.15) is 0 Å². The van der Waals surface area contributed by atoms with Gasteiger partial charge in [0.15, 0.2) is 6.29 Å². The largest absolute Gasteiger partial charge is 0.384 e. The third-order valence-electron chi connectivity index (χ3n) is 4.31. The van der Waals surface area contributed by atoms with Crippen molar-refractivity contribution in [1.82, 2.24) is 0 Å². The van der Waals surface area contributed by atoms with Gasteiger partial charge in [-0.3, -0.25) is 0 Å². The lowest BCUT2D eigenvalue weighted by Crippen LogP contribution is -2.23. The molecule has 0 saturated carbocycles. The quantitative estimate of drug-likeness (QED) is 0.147. The van der Waals surface area contributed by atoms with E-state index in [1.54, 1.807) is 14.2 Å². The summed E-state index contributed by atoms with van der Waals surface area (Å²) in [5.41, 5.74) is 2.44. The molecule has 0 radical (unpaired) electrons. The summed E-state index contributed by atoms with van der Waals surface area (Å²) >= 11 is 0. The maximum atomic E-state index is 6.16. The molecule has 4 heteroatoms. The summed E-state index contributed by atoms with van der Waals surface area (Å²) in [5.74, 6) is 0. The molecule has 0 aromatic heterocycles. The number of rotatable bonds is 19. The lowest BCUT2D eigenvalue weighted by atomic mass is 9.99. The molecule has 0 bridgehead atoms. The second-order valence-electron chi connectivity index (χ2n) is 6.88. The second-order valence-corrected chi connectivity index (χ2v) is 6.88. The highest BCUT2D eigenvalue weighted by Crippen LogP contribution is 2.23. The van der Waals surface area contributed by atoms with Crippen LogP contribution in [0.25, 0.3) is 0 Å². The minimum Gasteiger partial charge on any atom is -0.384 e. The van der Waals surface area contributed by atoms with Crippen LogP contribution in [0.5, 0.6) is 0 Å². The Kier molecular flexibility index (Phi) is 20.1. The van der Waals surface area contributed by atoms with E-state index < -0.39 is 0 Å². The Hall–Kier alpha value is -0.940. The van der Waals surface area contributed by atoms with Crippen molar-refractivity contribution in [3.05, 3.63) is 35.5 Å². The Labute approximate surface area is 174 Å². The molecule has 28 heavy (non-hydrogen) atoms. The van der Waals surface area contributed by atoms with Gasteiger partial charge in [0.2, 0.25) is 0 Å². The van der Waals surface area contributed by atoms with Gasteiger partial charge in [-0.05, 0) is 37.7 Å². The van der Waals surface area contributed by atoms with Crippen LogP contribution in [-0.2, 0) is 18.9 Å². The van der Waals surface area contributed by atoms with Crippen LogP contribution in [-0.4, -0.2) is 46.9 Å². The van der Waals surface area contributed by atoms with Crippen molar-refractivity contribution in [3.63, 3.8) is 0 Å². The first-order valence-electron chi connectivity index (χ1n) is 11.0. The normalized spacial score (nSPS) is 14.2. The van der Waals surface area contributed by atoms with Crippen LogP contribution in [0.15, 0.2) is 35.5 Å². The summed E-state index contributed by atoms with van der Waals surface area (Å²) < 4.78 is 22.6. The van der Waals surface area contributed by atoms with Gasteiger partial charge in [-0.2, -0.15) is 0 Å². The molecule has 0 N–H and O–H groups in total. The van der Waals surface area contributed by atoms with Crippen LogP contribution in [0.3, 0.4) is 0 Å². The SMILES string of the molecule is CCCC=CC(=C(C=CCCOC)CCCC)C(OCCCC)OCCOC. The van der Waals surface area contributed by atoms with E-state index in [0.29, 0.717) is 19.8 Å². The van der Waals surface area contributed by atoms with Crippen LogP contribution in [0.4, 0.5) is 0 Å². The molecule has 0 fully saturated rings. The Morgan fingerprint density at radius 3 is 2.04 bits per heavy atom. The summed E-state index contributed by atoms with van der Waals surface area (Å²) in [6.45, 7) is 9.12. The Morgan fingerprint density at radius 1 is 0.714 bits per heavy atom. The molecule has 0 saturated heterocycles. The maximum absolute atomic E-state index is 6.16. The Morgan fingerprint density at radius 2 is 1.39 bits per heavy atom. The van der Waals surface area contributed by atoms with Crippen LogP contribution in [0, 0.1) is 0 Å². The van der Waals surface area contributed by atoms with Crippen LogP contribution >= 0.6 is 0 Å². The summed E-state index contributed by atoms with van der Waals surface area (Å²) in [7, 11) is 3.43. The molecule has 4 nitrogen and oxygen atoms in total. The molecule has 0 aliphatic rings. The van der Waals surface area contributed by atoms with Crippen LogP contribution < -0.4 is 0 Å².